The number of hydrogen-bond donors (Lipinski definition) is 1. The number of ether oxygens (including phenoxy) is 1. The van der Waals surface area contributed by atoms with E-state index < -0.39 is 0 Å². The van der Waals surface area contributed by atoms with Gasteiger partial charge in [-0.25, -0.2) is 4.98 Å². The minimum atomic E-state index is 0.644. The molecule has 0 aliphatic heterocycles. The van der Waals surface area contributed by atoms with Gasteiger partial charge in [0.15, 0.2) is 5.76 Å². The second kappa shape index (κ2) is 5.50. The predicted molar refractivity (Wildman–Crippen MR) is 65.9 cm³/mol. The first kappa shape index (κ1) is 11.7. The summed E-state index contributed by atoms with van der Waals surface area (Å²) in [5, 5.41) is 3.17. The Kier molecular flexibility index (Phi) is 3.77. The Labute approximate surface area is 101 Å². The third-order valence-corrected chi connectivity index (χ3v) is 2.45. The normalized spacial score (nSPS) is 10.5. The molecule has 1 aromatic heterocycles. The average Bonchev–Trinajstić information content (AvgIpc) is 2.85. The maximum Gasteiger partial charge on any atom is 0.208 e. The van der Waals surface area contributed by atoms with Crippen LogP contribution in [-0.2, 0) is 6.54 Å². The van der Waals surface area contributed by atoms with Gasteiger partial charge in [-0.05, 0) is 18.7 Å². The van der Waals surface area contributed by atoms with Crippen molar-refractivity contribution in [1.29, 1.82) is 0 Å². The van der Waals surface area contributed by atoms with Crippen LogP contribution < -0.4 is 10.1 Å². The van der Waals surface area contributed by atoms with Gasteiger partial charge in [-0.2, -0.15) is 0 Å². The van der Waals surface area contributed by atoms with Crippen LogP contribution in [0.25, 0.3) is 11.3 Å². The molecule has 90 valence electrons. The Morgan fingerprint density at radius 2 is 2.18 bits per heavy atom. The molecule has 1 heterocycles. The van der Waals surface area contributed by atoms with E-state index in [1.165, 1.54) is 0 Å². The van der Waals surface area contributed by atoms with Crippen LogP contribution in [0.5, 0.6) is 5.75 Å². The fourth-order valence-corrected chi connectivity index (χ4v) is 1.60. The van der Waals surface area contributed by atoms with E-state index in [0.29, 0.717) is 12.4 Å². The summed E-state index contributed by atoms with van der Waals surface area (Å²) in [5.41, 5.74) is 0.922. The topological polar surface area (TPSA) is 47.3 Å². The van der Waals surface area contributed by atoms with Crippen LogP contribution in [-0.4, -0.2) is 18.6 Å². The molecule has 0 bridgehead atoms. The van der Waals surface area contributed by atoms with Crippen molar-refractivity contribution in [3.63, 3.8) is 0 Å². The molecular formula is C13H16N2O2. The zero-order chi connectivity index (χ0) is 12.1. The first-order chi connectivity index (χ1) is 8.35. The number of nitrogens with zero attached hydrogens (tertiary/aromatic N) is 1. The van der Waals surface area contributed by atoms with Crippen molar-refractivity contribution in [3.05, 3.63) is 36.4 Å². The molecule has 4 heteroatoms. The van der Waals surface area contributed by atoms with Crippen LogP contribution in [0, 0.1) is 0 Å². The van der Waals surface area contributed by atoms with Gasteiger partial charge in [0.25, 0.3) is 0 Å². The summed E-state index contributed by atoms with van der Waals surface area (Å²) in [6.07, 6.45) is 1.73. The third-order valence-electron chi connectivity index (χ3n) is 2.45. The molecule has 17 heavy (non-hydrogen) atoms. The number of methoxy groups -OCH3 is 1. The van der Waals surface area contributed by atoms with Gasteiger partial charge in [-0.15, -0.1) is 0 Å². The van der Waals surface area contributed by atoms with E-state index in [0.717, 1.165) is 23.6 Å². The molecule has 0 amide bonds. The van der Waals surface area contributed by atoms with Crippen molar-refractivity contribution in [2.45, 2.75) is 13.5 Å². The van der Waals surface area contributed by atoms with E-state index >= 15 is 0 Å². The lowest BCUT2D eigenvalue weighted by Gasteiger charge is -2.04. The van der Waals surface area contributed by atoms with Gasteiger partial charge in [0.05, 0.1) is 25.4 Å². The minimum Gasteiger partial charge on any atom is -0.496 e. The Hall–Kier alpha value is -1.81. The highest BCUT2D eigenvalue weighted by Gasteiger charge is 2.10. The van der Waals surface area contributed by atoms with Crippen LogP contribution in [0.1, 0.15) is 12.8 Å². The van der Waals surface area contributed by atoms with Crippen molar-refractivity contribution < 1.29 is 9.15 Å². The summed E-state index contributed by atoms with van der Waals surface area (Å²) >= 11 is 0. The Balaban J connectivity index is 2.24. The highest BCUT2D eigenvalue weighted by molar-refractivity contribution is 5.64. The molecule has 0 saturated carbocycles. The van der Waals surface area contributed by atoms with Gasteiger partial charge < -0.3 is 14.5 Å². The lowest BCUT2D eigenvalue weighted by molar-refractivity contribution is 0.413. The highest BCUT2D eigenvalue weighted by atomic mass is 16.5. The standard InChI is InChI=1S/C13H16N2O2/c1-3-14-9-13-15-8-12(17-13)10-6-4-5-7-11(10)16-2/h4-8,14H,3,9H2,1-2H3. The van der Waals surface area contributed by atoms with Gasteiger partial charge in [0.2, 0.25) is 5.89 Å². The number of rotatable bonds is 5. The molecule has 2 rings (SSSR count). The van der Waals surface area contributed by atoms with Crippen molar-refractivity contribution >= 4 is 0 Å². The van der Waals surface area contributed by atoms with Crippen LogP contribution in [0.15, 0.2) is 34.9 Å². The zero-order valence-electron chi connectivity index (χ0n) is 10.1. The summed E-state index contributed by atoms with van der Waals surface area (Å²) in [6.45, 7) is 3.59. The number of para-hydroxylation sites is 1. The van der Waals surface area contributed by atoms with Gasteiger partial charge in [0.1, 0.15) is 5.75 Å². The monoisotopic (exact) mass is 232 g/mol. The number of hydrogen-bond acceptors (Lipinski definition) is 4. The fraction of sp³-hybridized carbons (Fsp3) is 0.308. The van der Waals surface area contributed by atoms with Crippen LogP contribution >= 0.6 is 0 Å². The summed E-state index contributed by atoms with van der Waals surface area (Å²) < 4.78 is 10.9. The maximum absolute atomic E-state index is 5.66. The second-order valence-corrected chi connectivity index (χ2v) is 3.60. The Morgan fingerprint density at radius 1 is 1.35 bits per heavy atom. The molecule has 0 radical (unpaired) electrons. The van der Waals surface area contributed by atoms with Crippen molar-refractivity contribution in [3.8, 4) is 17.1 Å². The summed E-state index contributed by atoms with van der Waals surface area (Å²) in [7, 11) is 1.65. The SMILES string of the molecule is CCNCc1ncc(-c2ccccc2OC)o1. The predicted octanol–water partition coefficient (Wildman–Crippen LogP) is 2.46. The molecule has 2 aromatic rings. The van der Waals surface area contributed by atoms with E-state index in [2.05, 4.69) is 10.3 Å². The summed E-state index contributed by atoms with van der Waals surface area (Å²) in [6, 6.07) is 7.74. The van der Waals surface area contributed by atoms with Crippen molar-refractivity contribution in [2.24, 2.45) is 0 Å². The van der Waals surface area contributed by atoms with Crippen LogP contribution in [0.4, 0.5) is 0 Å². The van der Waals surface area contributed by atoms with E-state index in [-0.39, 0.29) is 0 Å². The van der Waals surface area contributed by atoms with E-state index in [1.807, 2.05) is 31.2 Å². The Morgan fingerprint density at radius 3 is 2.94 bits per heavy atom. The second-order valence-electron chi connectivity index (χ2n) is 3.60. The lowest BCUT2D eigenvalue weighted by Crippen LogP contribution is -2.11. The minimum absolute atomic E-state index is 0.644. The zero-order valence-corrected chi connectivity index (χ0v) is 10.1. The first-order valence-corrected chi connectivity index (χ1v) is 5.64. The fourth-order valence-electron chi connectivity index (χ4n) is 1.60. The smallest absolute Gasteiger partial charge is 0.208 e. The maximum atomic E-state index is 5.66. The summed E-state index contributed by atoms with van der Waals surface area (Å²) in [4.78, 5) is 4.22. The number of nitrogens with one attached hydrogen (secondary N) is 1. The molecule has 0 fully saturated rings. The molecule has 0 unspecified atom stereocenters. The van der Waals surface area contributed by atoms with Gasteiger partial charge >= 0.3 is 0 Å². The van der Waals surface area contributed by atoms with E-state index in [1.54, 1.807) is 13.3 Å². The van der Waals surface area contributed by atoms with Crippen LogP contribution in [0.3, 0.4) is 0 Å². The quantitative estimate of drug-likeness (QED) is 0.860. The van der Waals surface area contributed by atoms with E-state index in [4.69, 9.17) is 9.15 Å². The molecule has 0 aliphatic carbocycles. The Bertz CT molecular complexity index is 480. The number of benzene rings is 1. The number of aromatic nitrogens is 1. The van der Waals surface area contributed by atoms with Crippen molar-refractivity contribution in [1.82, 2.24) is 10.3 Å². The van der Waals surface area contributed by atoms with Crippen molar-refractivity contribution in [2.75, 3.05) is 13.7 Å². The van der Waals surface area contributed by atoms with Gasteiger partial charge in [0, 0.05) is 0 Å². The molecule has 1 N–H and O–H groups in total. The summed E-state index contributed by atoms with van der Waals surface area (Å²) in [5.74, 6) is 2.21. The molecule has 0 spiro atoms. The third kappa shape index (κ3) is 2.65. The molecule has 4 nitrogen and oxygen atoms in total. The molecular weight excluding hydrogens is 216 g/mol. The van der Waals surface area contributed by atoms with Gasteiger partial charge in [-0.3, -0.25) is 0 Å². The highest BCUT2D eigenvalue weighted by Crippen LogP contribution is 2.29. The van der Waals surface area contributed by atoms with Crippen LogP contribution in [0.2, 0.25) is 0 Å². The number of oxazole rings is 1. The molecule has 0 aliphatic rings. The van der Waals surface area contributed by atoms with Gasteiger partial charge in [-0.1, -0.05) is 19.1 Å². The average molecular weight is 232 g/mol. The molecule has 0 atom stereocenters. The first-order valence-electron chi connectivity index (χ1n) is 5.64. The molecule has 1 aromatic carbocycles. The largest absolute Gasteiger partial charge is 0.496 e. The van der Waals surface area contributed by atoms with E-state index in [9.17, 15) is 0 Å². The molecule has 0 saturated heterocycles. The lowest BCUT2D eigenvalue weighted by atomic mass is 10.1.